The molecule has 2 heterocycles. The Labute approximate surface area is 132 Å². The fourth-order valence-corrected chi connectivity index (χ4v) is 5.71. The lowest BCUT2D eigenvalue weighted by molar-refractivity contribution is -0.132. The molecule has 2 aliphatic rings. The highest BCUT2D eigenvalue weighted by Crippen LogP contribution is 2.38. The van der Waals surface area contributed by atoms with Crippen molar-refractivity contribution in [1.82, 2.24) is 4.90 Å². The number of hydrogen-bond acceptors (Lipinski definition) is 3. The van der Waals surface area contributed by atoms with Crippen molar-refractivity contribution in [3.63, 3.8) is 0 Å². The van der Waals surface area contributed by atoms with E-state index in [0.29, 0.717) is 12.3 Å². The quantitative estimate of drug-likeness (QED) is 0.796. The first kappa shape index (κ1) is 15.1. The Morgan fingerprint density at radius 3 is 2.90 bits per heavy atom. The minimum atomic E-state index is -0.803. The molecule has 0 N–H and O–H groups in total. The number of fused-ring (bicyclic) bond motifs is 1. The largest absolute Gasteiger partial charge is 0.337 e. The molecule has 5 heteroatoms. The third-order valence-corrected chi connectivity index (χ3v) is 7.66. The minimum absolute atomic E-state index is 0.0572. The SMILES string of the molecule is CC1C(C)S(=O)CCN1C(=O)C1SCCc2ccccc21. The average molecular weight is 323 g/mol. The van der Waals surface area contributed by atoms with E-state index in [1.807, 2.05) is 30.9 Å². The van der Waals surface area contributed by atoms with Gasteiger partial charge in [-0.05, 0) is 37.1 Å². The molecule has 0 aliphatic carbocycles. The average Bonchev–Trinajstić information content (AvgIpc) is 2.51. The molecule has 4 unspecified atom stereocenters. The molecule has 1 fully saturated rings. The predicted octanol–water partition coefficient (Wildman–Crippen LogP) is 2.38. The van der Waals surface area contributed by atoms with E-state index in [9.17, 15) is 9.00 Å². The van der Waals surface area contributed by atoms with Gasteiger partial charge in [0.15, 0.2) is 0 Å². The topological polar surface area (TPSA) is 37.4 Å². The first-order valence-electron chi connectivity index (χ1n) is 7.46. The minimum Gasteiger partial charge on any atom is -0.337 e. The van der Waals surface area contributed by atoms with Crippen LogP contribution < -0.4 is 0 Å². The van der Waals surface area contributed by atoms with Gasteiger partial charge in [-0.15, -0.1) is 11.8 Å². The predicted molar refractivity (Wildman–Crippen MR) is 89.0 cm³/mol. The number of thioether (sulfide) groups is 1. The van der Waals surface area contributed by atoms with Crippen molar-refractivity contribution in [2.24, 2.45) is 0 Å². The number of carbonyl (C=O) groups is 1. The molecule has 0 bridgehead atoms. The molecule has 3 nitrogen and oxygen atoms in total. The highest BCUT2D eigenvalue weighted by Gasteiger charge is 2.37. The summed E-state index contributed by atoms with van der Waals surface area (Å²) >= 11 is 1.74. The van der Waals surface area contributed by atoms with Gasteiger partial charge < -0.3 is 4.90 Å². The van der Waals surface area contributed by atoms with Gasteiger partial charge in [-0.25, -0.2) is 0 Å². The van der Waals surface area contributed by atoms with Crippen LogP contribution >= 0.6 is 11.8 Å². The summed E-state index contributed by atoms with van der Waals surface area (Å²) in [6, 6.07) is 8.34. The number of carbonyl (C=O) groups excluding carboxylic acids is 1. The van der Waals surface area contributed by atoms with E-state index in [0.717, 1.165) is 12.2 Å². The Morgan fingerprint density at radius 2 is 2.10 bits per heavy atom. The highest BCUT2D eigenvalue weighted by atomic mass is 32.2. The van der Waals surface area contributed by atoms with Gasteiger partial charge >= 0.3 is 0 Å². The zero-order valence-corrected chi connectivity index (χ0v) is 14.1. The van der Waals surface area contributed by atoms with Crippen LogP contribution in [0.15, 0.2) is 24.3 Å². The first-order valence-corrected chi connectivity index (χ1v) is 9.89. The van der Waals surface area contributed by atoms with E-state index in [4.69, 9.17) is 0 Å². The summed E-state index contributed by atoms with van der Waals surface area (Å²) in [6.45, 7) is 4.64. The number of rotatable bonds is 1. The second-order valence-electron chi connectivity index (χ2n) is 5.76. The molecular weight excluding hydrogens is 302 g/mol. The normalized spacial score (nSPS) is 32.6. The van der Waals surface area contributed by atoms with Gasteiger partial charge in [0.1, 0.15) is 5.25 Å². The molecule has 0 saturated carbocycles. The molecule has 4 atom stereocenters. The Morgan fingerprint density at radius 1 is 1.33 bits per heavy atom. The molecule has 0 spiro atoms. The molecule has 114 valence electrons. The van der Waals surface area contributed by atoms with Crippen molar-refractivity contribution in [3.8, 4) is 0 Å². The standard InChI is InChI=1S/C16H21NO2S2/c1-11-12(2)21(19)10-8-17(11)16(18)15-14-6-4-3-5-13(14)7-9-20-15/h3-6,11-12,15H,7-10H2,1-2H3. The maximum atomic E-state index is 13.0. The monoisotopic (exact) mass is 323 g/mol. The van der Waals surface area contributed by atoms with Gasteiger partial charge in [0, 0.05) is 29.1 Å². The van der Waals surface area contributed by atoms with Gasteiger partial charge in [-0.3, -0.25) is 9.00 Å². The molecule has 21 heavy (non-hydrogen) atoms. The summed E-state index contributed by atoms with van der Waals surface area (Å²) in [6.07, 6.45) is 1.04. The van der Waals surface area contributed by atoms with Gasteiger partial charge in [0.05, 0.1) is 5.25 Å². The molecule has 1 amide bonds. The van der Waals surface area contributed by atoms with E-state index in [1.54, 1.807) is 11.8 Å². The lowest BCUT2D eigenvalue weighted by atomic mass is 10.0. The number of benzene rings is 1. The molecule has 3 rings (SSSR count). The summed E-state index contributed by atoms with van der Waals surface area (Å²) in [5.41, 5.74) is 2.47. The molecule has 0 aromatic heterocycles. The molecule has 1 aromatic carbocycles. The molecule has 0 radical (unpaired) electrons. The van der Waals surface area contributed by atoms with Crippen LogP contribution in [-0.2, 0) is 22.0 Å². The van der Waals surface area contributed by atoms with Gasteiger partial charge in [0.2, 0.25) is 5.91 Å². The summed E-state index contributed by atoms with van der Waals surface area (Å²) in [5, 5.41) is -0.0253. The van der Waals surface area contributed by atoms with Crippen molar-refractivity contribution in [3.05, 3.63) is 35.4 Å². The van der Waals surface area contributed by atoms with Crippen LogP contribution in [0, 0.1) is 0 Å². The number of hydrogen-bond donors (Lipinski definition) is 0. The summed E-state index contributed by atoms with van der Waals surface area (Å²) in [4.78, 5) is 14.9. The molecule has 2 aliphatic heterocycles. The van der Waals surface area contributed by atoms with Crippen molar-refractivity contribution < 1.29 is 9.00 Å². The maximum absolute atomic E-state index is 13.0. The Kier molecular flexibility index (Phi) is 4.41. The van der Waals surface area contributed by atoms with Crippen molar-refractivity contribution in [1.29, 1.82) is 0 Å². The molecular formula is C16H21NO2S2. The van der Waals surface area contributed by atoms with Gasteiger partial charge in [0.25, 0.3) is 0 Å². The number of aryl methyl sites for hydroxylation is 1. The van der Waals surface area contributed by atoms with E-state index < -0.39 is 10.8 Å². The van der Waals surface area contributed by atoms with Crippen LogP contribution in [0.5, 0.6) is 0 Å². The fourth-order valence-electron chi connectivity index (χ4n) is 3.11. The van der Waals surface area contributed by atoms with Gasteiger partial charge in [-0.2, -0.15) is 0 Å². The fraction of sp³-hybridized carbons (Fsp3) is 0.562. The van der Waals surface area contributed by atoms with Gasteiger partial charge in [-0.1, -0.05) is 24.3 Å². The lowest BCUT2D eigenvalue weighted by Crippen LogP contribution is -2.53. The van der Waals surface area contributed by atoms with Crippen molar-refractivity contribution in [2.45, 2.75) is 36.8 Å². The van der Waals surface area contributed by atoms with E-state index >= 15 is 0 Å². The highest BCUT2D eigenvalue weighted by molar-refractivity contribution is 8.00. The second-order valence-corrected chi connectivity index (χ2v) is 8.89. The zero-order valence-electron chi connectivity index (χ0n) is 12.5. The van der Waals surface area contributed by atoms with E-state index in [1.165, 1.54) is 11.1 Å². The molecule has 1 aromatic rings. The van der Waals surface area contributed by atoms with Crippen molar-refractivity contribution in [2.75, 3.05) is 18.1 Å². The summed E-state index contributed by atoms with van der Waals surface area (Å²) in [5.74, 6) is 1.80. The van der Waals surface area contributed by atoms with Crippen LogP contribution in [0.2, 0.25) is 0 Å². The van der Waals surface area contributed by atoms with E-state index in [-0.39, 0.29) is 22.4 Å². The number of nitrogens with zero attached hydrogens (tertiary/aromatic N) is 1. The van der Waals surface area contributed by atoms with Crippen molar-refractivity contribution >= 4 is 28.5 Å². The van der Waals surface area contributed by atoms with Crippen LogP contribution in [0.4, 0.5) is 0 Å². The van der Waals surface area contributed by atoms with Crippen LogP contribution in [0.1, 0.15) is 30.2 Å². The maximum Gasteiger partial charge on any atom is 0.240 e. The Hall–Kier alpha value is -0.810. The summed E-state index contributed by atoms with van der Waals surface area (Å²) < 4.78 is 11.9. The lowest BCUT2D eigenvalue weighted by Gasteiger charge is -2.40. The third-order valence-electron chi connectivity index (χ3n) is 4.62. The zero-order chi connectivity index (χ0) is 15.0. The van der Waals surface area contributed by atoms with Crippen LogP contribution in [0.3, 0.4) is 0 Å². The Balaban J connectivity index is 1.85. The smallest absolute Gasteiger partial charge is 0.240 e. The van der Waals surface area contributed by atoms with Crippen LogP contribution in [-0.4, -0.2) is 44.4 Å². The third kappa shape index (κ3) is 2.78. The van der Waals surface area contributed by atoms with E-state index in [2.05, 4.69) is 12.1 Å². The number of amides is 1. The second kappa shape index (κ2) is 6.13. The molecule has 1 saturated heterocycles. The first-order chi connectivity index (χ1) is 10.1. The summed E-state index contributed by atoms with van der Waals surface area (Å²) in [7, 11) is -0.803. The Bertz CT molecular complexity index is 575. The van der Waals surface area contributed by atoms with Crippen LogP contribution in [0.25, 0.3) is 0 Å².